The standard InChI is InChI=1S/C15H21N3O2S/c1-6-10-11(8-16)14(18-17-12(10)7-2)21-9-13(19)20-15(3,4)5/h6-7,9H2,1-5H3. The highest BCUT2D eigenvalue weighted by Crippen LogP contribution is 2.25. The van der Waals surface area contributed by atoms with Crippen molar-refractivity contribution >= 4 is 17.7 Å². The first-order chi connectivity index (χ1) is 9.82. The fourth-order valence-electron chi connectivity index (χ4n) is 1.87. The normalized spacial score (nSPS) is 11.0. The molecule has 1 aromatic rings. The molecule has 0 saturated carbocycles. The molecule has 0 spiro atoms. The smallest absolute Gasteiger partial charge is 0.316 e. The predicted octanol–water partition coefficient (Wildman–Crippen LogP) is 2.91. The van der Waals surface area contributed by atoms with Crippen LogP contribution >= 0.6 is 11.8 Å². The van der Waals surface area contributed by atoms with Gasteiger partial charge in [0, 0.05) is 0 Å². The summed E-state index contributed by atoms with van der Waals surface area (Å²) in [5, 5.41) is 18.1. The zero-order chi connectivity index (χ0) is 16.0. The monoisotopic (exact) mass is 307 g/mol. The van der Waals surface area contributed by atoms with E-state index in [-0.39, 0.29) is 11.7 Å². The molecule has 0 aromatic carbocycles. The van der Waals surface area contributed by atoms with Gasteiger partial charge in [-0.15, -0.1) is 5.10 Å². The van der Waals surface area contributed by atoms with E-state index < -0.39 is 5.60 Å². The Labute approximate surface area is 130 Å². The quantitative estimate of drug-likeness (QED) is 0.615. The number of aromatic nitrogens is 2. The molecule has 0 unspecified atom stereocenters. The second kappa shape index (κ2) is 7.41. The summed E-state index contributed by atoms with van der Waals surface area (Å²) >= 11 is 1.20. The van der Waals surface area contributed by atoms with E-state index in [2.05, 4.69) is 16.3 Å². The number of rotatable bonds is 5. The van der Waals surface area contributed by atoms with E-state index >= 15 is 0 Å². The van der Waals surface area contributed by atoms with Gasteiger partial charge in [0.2, 0.25) is 0 Å². The predicted molar refractivity (Wildman–Crippen MR) is 82.1 cm³/mol. The molecule has 0 radical (unpaired) electrons. The summed E-state index contributed by atoms with van der Waals surface area (Å²) in [7, 11) is 0. The molecule has 5 nitrogen and oxygen atoms in total. The van der Waals surface area contributed by atoms with Crippen LogP contribution in [0.4, 0.5) is 0 Å². The van der Waals surface area contributed by atoms with Crippen LogP contribution in [0.15, 0.2) is 5.03 Å². The zero-order valence-electron chi connectivity index (χ0n) is 13.2. The summed E-state index contributed by atoms with van der Waals surface area (Å²) in [4.78, 5) is 11.7. The molecule has 0 fully saturated rings. The third-order valence-corrected chi connectivity index (χ3v) is 3.61. The van der Waals surface area contributed by atoms with Crippen molar-refractivity contribution in [2.75, 3.05) is 5.75 Å². The van der Waals surface area contributed by atoms with Crippen LogP contribution in [0.25, 0.3) is 0 Å². The molecule has 1 rings (SSSR count). The SMILES string of the molecule is CCc1nnc(SCC(=O)OC(C)(C)C)c(C#N)c1CC. The van der Waals surface area contributed by atoms with Gasteiger partial charge >= 0.3 is 5.97 Å². The molecule has 0 aliphatic carbocycles. The maximum absolute atomic E-state index is 11.7. The molecule has 0 bridgehead atoms. The van der Waals surface area contributed by atoms with Crippen molar-refractivity contribution in [2.45, 2.75) is 58.1 Å². The average Bonchev–Trinajstić information content (AvgIpc) is 2.41. The maximum atomic E-state index is 11.7. The Morgan fingerprint density at radius 2 is 1.95 bits per heavy atom. The minimum absolute atomic E-state index is 0.120. The van der Waals surface area contributed by atoms with E-state index in [1.54, 1.807) is 0 Å². The van der Waals surface area contributed by atoms with Crippen molar-refractivity contribution in [3.05, 3.63) is 16.8 Å². The minimum Gasteiger partial charge on any atom is -0.459 e. The maximum Gasteiger partial charge on any atom is 0.316 e. The second-order valence-corrected chi connectivity index (χ2v) is 6.46. The lowest BCUT2D eigenvalue weighted by Crippen LogP contribution is -2.25. The lowest BCUT2D eigenvalue weighted by Gasteiger charge is -2.19. The lowest BCUT2D eigenvalue weighted by molar-refractivity contribution is -0.151. The first-order valence-electron chi connectivity index (χ1n) is 6.95. The van der Waals surface area contributed by atoms with Crippen LogP contribution in [0.5, 0.6) is 0 Å². The van der Waals surface area contributed by atoms with Crippen LogP contribution in [-0.4, -0.2) is 27.5 Å². The third kappa shape index (κ3) is 5.01. The first-order valence-corrected chi connectivity index (χ1v) is 7.94. The molecule has 6 heteroatoms. The van der Waals surface area contributed by atoms with Crippen LogP contribution < -0.4 is 0 Å². The van der Waals surface area contributed by atoms with Gasteiger partial charge in [0.25, 0.3) is 0 Å². The van der Waals surface area contributed by atoms with Crippen LogP contribution in [0.3, 0.4) is 0 Å². The van der Waals surface area contributed by atoms with Gasteiger partial charge < -0.3 is 4.74 Å². The van der Waals surface area contributed by atoms with E-state index in [0.29, 0.717) is 10.6 Å². The van der Waals surface area contributed by atoms with Gasteiger partial charge in [-0.05, 0) is 39.2 Å². The van der Waals surface area contributed by atoms with Crippen molar-refractivity contribution < 1.29 is 9.53 Å². The molecule has 1 heterocycles. The second-order valence-electron chi connectivity index (χ2n) is 5.50. The summed E-state index contributed by atoms with van der Waals surface area (Å²) in [5.74, 6) is -0.203. The van der Waals surface area contributed by atoms with Crippen LogP contribution in [0.1, 0.15) is 51.4 Å². The van der Waals surface area contributed by atoms with Gasteiger partial charge in [-0.1, -0.05) is 25.6 Å². The highest BCUT2D eigenvalue weighted by atomic mass is 32.2. The Bertz CT molecular complexity index is 559. The largest absolute Gasteiger partial charge is 0.459 e. The van der Waals surface area contributed by atoms with Crippen LogP contribution in [0, 0.1) is 11.3 Å². The first kappa shape index (κ1) is 17.4. The Balaban J connectivity index is 2.90. The van der Waals surface area contributed by atoms with E-state index in [1.165, 1.54) is 11.8 Å². The van der Waals surface area contributed by atoms with Crippen molar-refractivity contribution in [3.63, 3.8) is 0 Å². The number of aryl methyl sites for hydroxylation is 1. The van der Waals surface area contributed by atoms with E-state index in [4.69, 9.17) is 4.74 Å². The number of ether oxygens (including phenoxy) is 1. The number of thioether (sulfide) groups is 1. The molecule has 114 valence electrons. The minimum atomic E-state index is -0.512. The van der Waals surface area contributed by atoms with Crippen molar-refractivity contribution in [2.24, 2.45) is 0 Å². The lowest BCUT2D eigenvalue weighted by atomic mass is 10.1. The Hall–Kier alpha value is -1.61. The summed E-state index contributed by atoms with van der Waals surface area (Å²) in [6.45, 7) is 9.43. The molecule has 1 aromatic heterocycles. The Morgan fingerprint density at radius 3 is 2.43 bits per heavy atom. The molecular weight excluding hydrogens is 286 g/mol. The third-order valence-electron chi connectivity index (χ3n) is 2.67. The zero-order valence-corrected chi connectivity index (χ0v) is 14.0. The van der Waals surface area contributed by atoms with Crippen molar-refractivity contribution in [1.29, 1.82) is 5.26 Å². The van der Waals surface area contributed by atoms with Gasteiger partial charge in [0.1, 0.15) is 16.7 Å². The molecule has 0 N–H and O–H groups in total. The molecule has 0 aliphatic heterocycles. The average molecular weight is 307 g/mol. The van der Waals surface area contributed by atoms with Crippen molar-refractivity contribution in [3.8, 4) is 6.07 Å². The van der Waals surface area contributed by atoms with Gasteiger partial charge in [0.05, 0.1) is 17.0 Å². The number of hydrogen-bond acceptors (Lipinski definition) is 6. The highest BCUT2D eigenvalue weighted by molar-refractivity contribution is 7.99. The summed E-state index contributed by atoms with van der Waals surface area (Å²) in [6.07, 6.45) is 1.46. The fraction of sp³-hybridized carbons (Fsp3) is 0.600. The Kier molecular flexibility index (Phi) is 6.16. The van der Waals surface area contributed by atoms with E-state index in [0.717, 1.165) is 24.1 Å². The number of carbonyl (C=O) groups excluding carboxylic acids is 1. The number of carbonyl (C=O) groups is 1. The molecule has 0 atom stereocenters. The van der Waals surface area contributed by atoms with Crippen LogP contribution in [0.2, 0.25) is 0 Å². The van der Waals surface area contributed by atoms with Gasteiger partial charge in [-0.25, -0.2) is 0 Å². The number of nitrogens with zero attached hydrogens (tertiary/aromatic N) is 3. The summed E-state index contributed by atoms with van der Waals surface area (Å²) < 4.78 is 5.24. The topological polar surface area (TPSA) is 75.9 Å². The molecule has 21 heavy (non-hydrogen) atoms. The van der Waals surface area contributed by atoms with Crippen molar-refractivity contribution in [1.82, 2.24) is 10.2 Å². The summed E-state index contributed by atoms with van der Waals surface area (Å²) in [5.41, 5.74) is 1.78. The number of esters is 1. The van der Waals surface area contributed by atoms with E-state index in [9.17, 15) is 10.1 Å². The van der Waals surface area contributed by atoms with Gasteiger partial charge in [-0.3, -0.25) is 4.79 Å². The molecule has 0 aliphatic rings. The van der Waals surface area contributed by atoms with E-state index in [1.807, 2.05) is 34.6 Å². The number of hydrogen-bond donors (Lipinski definition) is 0. The van der Waals surface area contributed by atoms with Gasteiger partial charge in [-0.2, -0.15) is 10.4 Å². The Morgan fingerprint density at radius 1 is 1.29 bits per heavy atom. The fourth-order valence-corrected chi connectivity index (χ4v) is 2.59. The summed E-state index contributed by atoms with van der Waals surface area (Å²) in [6, 6.07) is 2.19. The van der Waals surface area contributed by atoms with Crippen LogP contribution in [-0.2, 0) is 22.4 Å². The highest BCUT2D eigenvalue weighted by Gasteiger charge is 2.19. The van der Waals surface area contributed by atoms with Gasteiger partial charge in [0.15, 0.2) is 0 Å². The molecule has 0 saturated heterocycles. The molecule has 0 amide bonds. The number of nitriles is 1. The molecular formula is C15H21N3O2S.